The van der Waals surface area contributed by atoms with Crippen LogP contribution >= 0.6 is 0 Å². The van der Waals surface area contributed by atoms with Gasteiger partial charge in [-0.05, 0) is 61.4 Å². The highest BCUT2D eigenvalue weighted by molar-refractivity contribution is 7.89. The second-order valence-electron chi connectivity index (χ2n) is 6.82. The first-order valence-electron chi connectivity index (χ1n) is 9.21. The average Bonchev–Trinajstić information content (AvgIpc) is 3.24. The highest BCUT2D eigenvalue weighted by Crippen LogP contribution is 2.31. The Morgan fingerprint density at radius 3 is 2.34 bits per heavy atom. The van der Waals surface area contributed by atoms with Crippen LogP contribution in [-0.4, -0.2) is 43.1 Å². The summed E-state index contributed by atoms with van der Waals surface area (Å²) in [5.41, 5.74) is 0.643. The molecule has 152 valence electrons. The van der Waals surface area contributed by atoms with E-state index in [-0.39, 0.29) is 16.6 Å². The lowest BCUT2D eigenvalue weighted by Crippen LogP contribution is -2.38. The Balaban J connectivity index is 1.43. The van der Waals surface area contributed by atoms with E-state index in [1.54, 1.807) is 36.4 Å². The molecule has 0 N–H and O–H groups in total. The van der Waals surface area contributed by atoms with Gasteiger partial charge >= 0.3 is 0 Å². The summed E-state index contributed by atoms with van der Waals surface area (Å²) in [4.78, 5) is 4.66. The van der Waals surface area contributed by atoms with Crippen molar-refractivity contribution in [1.82, 2.24) is 14.4 Å². The molecule has 0 unspecified atom stereocenters. The van der Waals surface area contributed by atoms with Crippen LogP contribution < -0.4 is 4.74 Å². The molecule has 0 radical (unpaired) electrons. The molecule has 0 saturated carbocycles. The summed E-state index contributed by atoms with van der Waals surface area (Å²) in [5.74, 6) is 1.16. The maximum absolute atomic E-state index is 13.1. The van der Waals surface area contributed by atoms with Gasteiger partial charge in [-0.15, -0.1) is 0 Å². The topological polar surface area (TPSA) is 85.5 Å². The summed E-state index contributed by atoms with van der Waals surface area (Å²) in [6.07, 6.45) is 1.19. The molecule has 0 atom stereocenters. The quantitative estimate of drug-likeness (QED) is 0.632. The zero-order chi connectivity index (χ0) is 20.4. The van der Waals surface area contributed by atoms with Gasteiger partial charge in [0.25, 0.3) is 5.89 Å². The Bertz CT molecular complexity index is 1070. The number of hydrogen-bond donors (Lipinski definition) is 0. The van der Waals surface area contributed by atoms with Gasteiger partial charge in [0.05, 0.1) is 12.0 Å². The van der Waals surface area contributed by atoms with E-state index in [4.69, 9.17) is 9.26 Å². The van der Waals surface area contributed by atoms with Crippen molar-refractivity contribution in [2.45, 2.75) is 23.7 Å². The second-order valence-corrected chi connectivity index (χ2v) is 8.76. The van der Waals surface area contributed by atoms with Crippen molar-refractivity contribution in [3.05, 3.63) is 60.2 Å². The first-order valence-corrected chi connectivity index (χ1v) is 10.6. The third-order valence-corrected chi connectivity index (χ3v) is 6.96. The minimum absolute atomic E-state index is 0.00951. The van der Waals surface area contributed by atoms with Crippen LogP contribution in [-0.2, 0) is 10.0 Å². The summed E-state index contributed by atoms with van der Waals surface area (Å²) in [5, 5.41) is 4.04. The molecule has 4 rings (SSSR count). The number of halogens is 1. The molecule has 2 heterocycles. The third-order valence-electron chi connectivity index (χ3n) is 5.05. The molecule has 0 spiro atoms. The van der Waals surface area contributed by atoms with Crippen LogP contribution in [0.25, 0.3) is 11.5 Å². The minimum atomic E-state index is -3.56. The van der Waals surface area contributed by atoms with Crippen molar-refractivity contribution in [3.63, 3.8) is 0 Å². The Morgan fingerprint density at radius 1 is 1.07 bits per heavy atom. The van der Waals surface area contributed by atoms with Gasteiger partial charge in [0.2, 0.25) is 10.0 Å². The first kappa shape index (κ1) is 19.5. The Morgan fingerprint density at radius 2 is 1.72 bits per heavy atom. The van der Waals surface area contributed by atoms with E-state index in [2.05, 4.69) is 10.1 Å². The molecule has 9 heteroatoms. The van der Waals surface area contributed by atoms with Gasteiger partial charge in [0.15, 0.2) is 5.82 Å². The molecular formula is C20H20FN3O4S. The molecular weight excluding hydrogens is 397 g/mol. The predicted octanol–water partition coefficient (Wildman–Crippen LogP) is 3.45. The lowest BCUT2D eigenvalue weighted by molar-refractivity contribution is 0.307. The molecule has 0 bridgehead atoms. The van der Waals surface area contributed by atoms with Crippen molar-refractivity contribution in [2.24, 2.45) is 0 Å². The third kappa shape index (κ3) is 4.01. The number of benzene rings is 2. The van der Waals surface area contributed by atoms with Crippen molar-refractivity contribution >= 4 is 10.0 Å². The molecule has 0 amide bonds. The standard InChI is InChI=1S/C20H20FN3O4S/c1-27-17-6-8-18(9-7-17)29(25,26)24-12-10-14(11-13-24)19-22-20(28-23-19)15-2-4-16(21)5-3-15/h2-9,14H,10-13H2,1H3. The highest BCUT2D eigenvalue weighted by atomic mass is 32.2. The molecule has 1 aliphatic rings. The highest BCUT2D eigenvalue weighted by Gasteiger charge is 2.31. The van der Waals surface area contributed by atoms with Gasteiger partial charge in [0.1, 0.15) is 11.6 Å². The van der Waals surface area contributed by atoms with Crippen LogP contribution in [0.15, 0.2) is 57.9 Å². The summed E-state index contributed by atoms with van der Waals surface area (Å²) in [7, 11) is -2.02. The predicted molar refractivity (Wildman–Crippen MR) is 103 cm³/mol. The number of rotatable bonds is 5. The SMILES string of the molecule is COc1ccc(S(=O)(=O)N2CCC(c3noc(-c4ccc(F)cc4)n3)CC2)cc1. The molecule has 1 fully saturated rings. The van der Waals surface area contributed by atoms with Gasteiger partial charge in [0, 0.05) is 24.6 Å². The van der Waals surface area contributed by atoms with E-state index in [1.165, 1.54) is 23.5 Å². The molecule has 2 aromatic carbocycles. The number of sulfonamides is 1. The van der Waals surface area contributed by atoms with Crippen LogP contribution in [0.3, 0.4) is 0 Å². The zero-order valence-electron chi connectivity index (χ0n) is 15.8. The van der Waals surface area contributed by atoms with Crippen molar-refractivity contribution < 1.29 is 22.1 Å². The number of piperidine rings is 1. The first-order chi connectivity index (χ1) is 14.0. The number of aromatic nitrogens is 2. The van der Waals surface area contributed by atoms with E-state index in [9.17, 15) is 12.8 Å². The van der Waals surface area contributed by atoms with Crippen molar-refractivity contribution in [1.29, 1.82) is 0 Å². The number of nitrogens with zero attached hydrogens (tertiary/aromatic N) is 3. The maximum Gasteiger partial charge on any atom is 0.257 e. The Hall–Kier alpha value is -2.78. The fraction of sp³-hybridized carbons (Fsp3) is 0.300. The lowest BCUT2D eigenvalue weighted by atomic mass is 9.97. The van der Waals surface area contributed by atoms with Crippen LogP contribution in [0.2, 0.25) is 0 Å². The monoisotopic (exact) mass is 417 g/mol. The van der Waals surface area contributed by atoms with E-state index in [1.807, 2.05) is 0 Å². The maximum atomic E-state index is 13.1. The zero-order valence-corrected chi connectivity index (χ0v) is 16.6. The molecule has 7 nitrogen and oxygen atoms in total. The fourth-order valence-electron chi connectivity index (χ4n) is 3.36. The van der Waals surface area contributed by atoms with E-state index >= 15 is 0 Å². The number of hydrogen-bond acceptors (Lipinski definition) is 6. The molecule has 3 aromatic rings. The van der Waals surface area contributed by atoms with Crippen LogP contribution in [0, 0.1) is 5.82 Å². The average molecular weight is 417 g/mol. The van der Waals surface area contributed by atoms with Gasteiger partial charge in [-0.3, -0.25) is 0 Å². The van der Waals surface area contributed by atoms with Gasteiger partial charge in [-0.2, -0.15) is 9.29 Å². The van der Waals surface area contributed by atoms with Crippen molar-refractivity contribution in [2.75, 3.05) is 20.2 Å². The summed E-state index contributed by atoms with van der Waals surface area (Å²) in [6.45, 7) is 0.749. The summed E-state index contributed by atoms with van der Waals surface area (Å²) >= 11 is 0. The normalized spacial score (nSPS) is 16.1. The molecule has 1 aliphatic heterocycles. The van der Waals surface area contributed by atoms with Crippen molar-refractivity contribution in [3.8, 4) is 17.2 Å². The van der Waals surface area contributed by atoms with Crippen LogP contribution in [0.1, 0.15) is 24.6 Å². The fourth-order valence-corrected chi connectivity index (χ4v) is 4.83. The lowest BCUT2D eigenvalue weighted by Gasteiger charge is -2.29. The number of methoxy groups -OCH3 is 1. The minimum Gasteiger partial charge on any atom is -0.497 e. The Kier molecular flexibility index (Phi) is 5.33. The molecule has 1 saturated heterocycles. The molecule has 29 heavy (non-hydrogen) atoms. The summed E-state index contributed by atoms with van der Waals surface area (Å²) < 4.78 is 50.6. The molecule has 1 aromatic heterocycles. The number of ether oxygens (including phenoxy) is 1. The molecule has 0 aliphatic carbocycles. The van der Waals surface area contributed by atoms with Crippen LogP contribution in [0.5, 0.6) is 5.75 Å². The van der Waals surface area contributed by atoms with E-state index in [0.29, 0.717) is 49.0 Å². The van der Waals surface area contributed by atoms with E-state index < -0.39 is 10.0 Å². The summed E-state index contributed by atoms with van der Waals surface area (Å²) in [6, 6.07) is 12.2. The van der Waals surface area contributed by atoms with Crippen LogP contribution in [0.4, 0.5) is 4.39 Å². The van der Waals surface area contributed by atoms with Gasteiger partial charge in [-0.1, -0.05) is 5.16 Å². The Labute approximate surface area is 168 Å². The largest absolute Gasteiger partial charge is 0.497 e. The van der Waals surface area contributed by atoms with E-state index in [0.717, 1.165) is 0 Å². The second kappa shape index (κ2) is 7.92. The van der Waals surface area contributed by atoms with Gasteiger partial charge < -0.3 is 9.26 Å². The smallest absolute Gasteiger partial charge is 0.257 e. The van der Waals surface area contributed by atoms with Gasteiger partial charge in [-0.25, -0.2) is 12.8 Å².